The standard InChI is InChI=1S/C19H27BrN2O2/c20-17-10-7-15(8-11-17)4-1-2-6-19(24)22-13-3-5-16(14-22)9-12-18(21)23/h7-8,10-11,16H,1-6,9,12-14H2,(H2,21,23). The van der Waals surface area contributed by atoms with Crippen LogP contribution in [0.1, 0.15) is 50.5 Å². The quantitative estimate of drug-likeness (QED) is 0.683. The smallest absolute Gasteiger partial charge is 0.222 e. The number of amides is 2. The van der Waals surface area contributed by atoms with Crippen molar-refractivity contribution in [3.05, 3.63) is 34.3 Å². The molecule has 1 aromatic rings. The summed E-state index contributed by atoms with van der Waals surface area (Å²) in [6, 6.07) is 8.36. The first-order valence-electron chi connectivity index (χ1n) is 8.85. The SMILES string of the molecule is NC(=O)CCC1CCCN(C(=O)CCCCc2ccc(Br)cc2)C1. The van der Waals surface area contributed by atoms with Gasteiger partial charge in [0.2, 0.25) is 11.8 Å². The summed E-state index contributed by atoms with van der Waals surface area (Å²) in [6.45, 7) is 1.65. The van der Waals surface area contributed by atoms with E-state index in [1.165, 1.54) is 5.56 Å². The summed E-state index contributed by atoms with van der Waals surface area (Å²) >= 11 is 3.44. The zero-order chi connectivity index (χ0) is 17.4. The fourth-order valence-electron chi connectivity index (χ4n) is 3.29. The number of primary amides is 1. The van der Waals surface area contributed by atoms with Crippen molar-refractivity contribution in [3.63, 3.8) is 0 Å². The van der Waals surface area contributed by atoms with Crippen LogP contribution in [0.25, 0.3) is 0 Å². The summed E-state index contributed by atoms with van der Waals surface area (Å²) in [5.74, 6) is 0.443. The lowest BCUT2D eigenvalue weighted by atomic mass is 9.93. The topological polar surface area (TPSA) is 63.4 Å². The highest BCUT2D eigenvalue weighted by Gasteiger charge is 2.23. The van der Waals surface area contributed by atoms with E-state index in [1.807, 2.05) is 4.90 Å². The summed E-state index contributed by atoms with van der Waals surface area (Å²) in [5.41, 5.74) is 6.53. The lowest BCUT2D eigenvalue weighted by Crippen LogP contribution is -2.40. The second-order valence-electron chi connectivity index (χ2n) is 6.69. The Bertz CT molecular complexity index is 545. The number of nitrogens with zero attached hydrogens (tertiary/aromatic N) is 1. The van der Waals surface area contributed by atoms with Gasteiger partial charge in [0, 0.05) is 30.4 Å². The van der Waals surface area contributed by atoms with Crippen LogP contribution in [0.2, 0.25) is 0 Å². The summed E-state index contributed by atoms with van der Waals surface area (Å²) in [7, 11) is 0. The predicted octanol–water partition coefficient (Wildman–Crippen LogP) is 3.67. The molecule has 1 fully saturated rings. The number of unbranched alkanes of at least 4 members (excludes halogenated alkanes) is 1. The van der Waals surface area contributed by atoms with Gasteiger partial charge < -0.3 is 10.6 Å². The molecule has 1 saturated heterocycles. The second kappa shape index (κ2) is 9.82. The monoisotopic (exact) mass is 394 g/mol. The number of hydrogen-bond donors (Lipinski definition) is 1. The molecule has 132 valence electrons. The lowest BCUT2D eigenvalue weighted by molar-refractivity contribution is -0.133. The summed E-state index contributed by atoms with van der Waals surface area (Å²) in [6.07, 6.45) is 6.97. The summed E-state index contributed by atoms with van der Waals surface area (Å²) < 4.78 is 1.09. The largest absolute Gasteiger partial charge is 0.370 e. The molecule has 5 heteroatoms. The molecule has 0 aliphatic carbocycles. The Balaban J connectivity index is 1.66. The molecule has 0 aromatic heterocycles. The maximum Gasteiger partial charge on any atom is 0.222 e. The average molecular weight is 395 g/mol. The Hall–Kier alpha value is -1.36. The van der Waals surface area contributed by atoms with Gasteiger partial charge in [-0.25, -0.2) is 0 Å². The van der Waals surface area contributed by atoms with Crippen molar-refractivity contribution in [3.8, 4) is 0 Å². The molecule has 1 atom stereocenters. The highest BCUT2D eigenvalue weighted by molar-refractivity contribution is 9.10. The van der Waals surface area contributed by atoms with Gasteiger partial charge in [0.25, 0.3) is 0 Å². The fourth-order valence-corrected chi connectivity index (χ4v) is 3.55. The number of carbonyl (C=O) groups is 2. The molecule has 4 nitrogen and oxygen atoms in total. The van der Waals surface area contributed by atoms with Gasteiger partial charge in [0.15, 0.2) is 0 Å². The number of piperidine rings is 1. The minimum absolute atomic E-state index is 0.244. The normalized spacial score (nSPS) is 17.7. The molecule has 1 heterocycles. The third kappa shape index (κ3) is 6.63. The molecule has 0 bridgehead atoms. The van der Waals surface area contributed by atoms with E-state index in [1.54, 1.807) is 0 Å². The first kappa shape index (κ1) is 19.0. The van der Waals surface area contributed by atoms with E-state index in [4.69, 9.17) is 5.73 Å². The van der Waals surface area contributed by atoms with Crippen molar-refractivity contribution in [2.24, 2.45) is 11.7 Å². The predicted molar refractivity (Wildman–Crippen MR) is 99.4 cm³/mol. The molecule has 2 amide bonds. The van der Waals surface area contributed by atoms with E-state index in [-0.39, 0.29) is 11.8 Å². The molecule has 0 saturated carbocycles. The first-order chi connectivity index (χ1) is 11.5. The Morgan fingerprint density at radius 1 is 1.17 bits per heavy atom. The maximum absolute atomic E-state index is 12.4. The van der Waals surface area contributed by atoms with E-state index >= 15 is 0 Å². The van der Waals surface area contributed by atoms with Crippen LogP contribution < -0.4 is 5.73 Å². The first-order valence-corrected chi connectivity index (χ1v) is 9.64. The lowest BCUT2D eigenvalue weighted by Gasteiger charge is -2.32. The van der Waals surface area contributed by atoms with Crippen molar-refractivity contribution in [1.82, 2.24) is 4.90 Å². The molecule has 1 unspecified atom stereocenters. The molecule has 24 heavy (non-hydrogen) atoms. The number of rotatable bonds is 8. The molecular formula is C19H27BrN2O2. The van der Waals surface area contributed by atoms with Crippen LogP contribution in [0, 0.1) is 5.92 Å². The molecule has 0 radical (unpaired) electrons. The number of benzene rings is 1. The zero-order valence-electron chi connectivity index (χ0n) is 14.2. The Kier molecular flexibility index (Phi) is 7.76. The highest BCUT2D eigenvalue weighted by atomic mass is 79.9. The number of halogens is 1. The van der Waals surface area contributed by atoms with E-state index in [0.29, 0.717) is 18.8 Å². The number of hydrogen-bond acceptors (Lipinski definition) is 2. The number of aryl methyl sites for hydroxylation is 1. The van der Waals surface area contributed by atoms with Crippen molar-refractivity contribution >= 4 is 27.7 Å². The van der Waals surface area contributed by atoms with Crippen LogP contribution in [0.15, 0.2) is 28.7 Å². The number of carbonyl (C=O) groups excluding carboxylic acids is 2. The molecular weight excluding hydrogens is 368 g/mol. The van der Waals surface area contributed by atoms with Crippen molar-refractivity contribution in [1.29, 1.82) is 0 Å². The third-order valence-corrected chi connectivity index (χ3v) is 5.22. The van der Waals surface area contributed by atoms with Crippen molar-refractivity contribution in [2.75, 3.05) is 13.1 Å². The van der Waals surface area contributed by atoms with Crippen LogP contribution in [0.4, 0.5) is 0 Å². The fraction of sp³-hybridized carbons (Fsp3) is 0.579. The van der Waals surface area contributed by atoms with Crippen molar-refractivity contribution < 1.29 is 9.59 Å². The molecule has 1 aromatic carbocycles. The number of nitrogens with two attached hydrogens (primary N) is 1. The van der Waals surface area contributed by atoms with Gasteiger partial charge in [-0.05, 0) is 62.1 Å². The third-order valence-electron chi connectivity index (χ3n) is 4.69. The van der Waals surface area contributed by atoms with Crippen LogP contribution in [-0.4, -0.2) is 29.8 Å². The van der Waals surface area contributed by atoms with Gasteiger partial charge in [0.1, 0.15) is 0 Å². The minimum atomic E-state index is -0.244. The molecule has 0 spiro atoms. The summed E-state index contributed by atoms with van der Waals surface area (Å²) in [4.78, 5) is 25.3. The Morgan fingerprint density at radius 3 is 2.62 bits per heavy atom. The van der Waals surface area contributed by atoms with Crippen LogP contribution in [0.5, 0.6) is 0 Å². The average Bonchev–Trinajstić information content (AvgIpc) is 2.58. The van der Waals surface area contributed by atoms with Gasteiger partial charge in [0.05, 0.1) is 0 Å². The van der Waals surface area contributed by atoms with Gasteiger partial charge in [-0.1, -0.05) is 28.1 Å². The molecule has 1 aliphatic rings. The van der Waals surface area contributed by atoms with E-state index < -0.39 is 0 Å². The van der Waals surface area contributed by atoms with E-state index in [0.717, 1.165) is 56.1 Å². The number of likely N-dealkylation sites (tertiary alicyclic amines) is 1. The molecule has 2 rings (SSSR count). The van der Waals surface area contributed by atoms with Crippen molar-refractivity contribution in [2.45, 2.75) is 51.4 Å². The second-order valence-corrected chi connectivity index (χ2v) is 7.60. The summed E-state index contributed by atoms with van der Waals surface area (Å²) in [5, 5.41) is 0. The van der Waals surface area contributed by atoms with Crippen LogP contribution >= 0.6 is 15.9 Å². The Morgan fingerprint density at radius 2 is 1.92 bits per heavy atom. The van der Waals surface area contributed by atoms with Gasteiger partial charge in [-0.15, -0.1) is 0 Å². The van der Waals surface area contributed by atoms with Crippen LogP contribution in [-0.2, 0) is 16.0 Å². The van der Waals surface area contributed by atoms with Crippen LogP contribution in [0.3, 0.4) is 0 Å². The maximum atomic E-state index is 12.4. The minimum Gasteiger partial charge on any atom is -0.370 e. The van der Waals surface area contributed by atoms with E-state index in [9.17, 15) is 9.59 Å². The van der Waals surface area contributed by atoms with Gasteiger partial charge in [-0.2, -0.15) is 0 Å². The van der Waals surface area contributed by atoms with E-state index in [2.05, 4.69) is 40.2 Å². The zero-order valence-corrected chi connectivity index (χ0v) is 15.8. The van der Waals surface area contributed by atoms with Gasteiger partial charge in [-0.3, -0.25) is 9.59 Å². The molecule has 1 aliphatic heterocycles. The Labute approximate surface area is 152 Å². The van der Waals surface area contributed by atoms with Gasteiger partial charge >= 0.3 is 0 Å². The highest BCUT2D eigenvalue weighted by Crippen LogP contribution is 2.22. The molecule has 2 N–H and O–H groups in total.